The molecule has 0 heterocycles. The molecule has 0 atom stereocenters. The van der Waals surface area contributed by atoms with Gasteiger partial charge in [-0.2, -0.15) is 0 Å². The minimum atomic E-state index is -0.0327. The molecule has 0 saturated heterocycles. The lowest BCUT2D eigenvalue weighted by atomic mass is 10.1. The molecule has 1 aromatic carbocycles. The van der Waals surface area contributed by atoms with Gasteiger partial charge < -0.3 is 0 Å². The molecule has 0 unspecified atom stereocenters. The molecule has 16 heavy (non-hydrogen) atoms. The molecule has 0 saturated carbocycles. The summed E-state index contributed by atoms with van der Waals surface area (Å²) in [4.78, 5) is 11.7. The van der Waals surface area contributed by atoms with Crippen molar-refractivity contribution in [1.82, 2.24) is 0 Å². The molecule has 1 aromatic rings. The van der Waals surface area contributed by atoms with Gasteiger partial charge in [0, 0.05) is 5.56 Å². The summed E-state index contributed by atoms with van der Waals surface area (Å²) in [7, 11) is 0. The number of halogens is 2. The van der Waals surface area contributed by atoms with Crippen LogP contribution >= 0.6 is 23.2 Å². The fourth-order valence-corrected chi connectivity index (χ4v) is 1.56. The molecule has 0 aliphatic carbocycles. The zero-order valence-electron chi connectivity index (χ0n) is 9.17. The predicted octanol–water partition coefficient (Wildman–Crippen LogP) is 4.92. The average Bonchev–Trinajstić information content (AvgIpc) is 2.28. The van der Waals surface area contributed by atoms with E-state index in [1.165, 1.54) is 0 Å². The summed E-state index contributed by atoms with van der Waals surface area (Å²) in [5.74, 6) is -0.0327. The Bertz CT molecular complexity index is 397. The van der Waals surface area contributed by atoms with Crippen molar-refractivity contribution in [2.45, 2.75) is 26.2 Å². The molecular weight excluding hydrogens is 243 g/mol. The first-order valence-electron chi connectivity index (χ1n) is 5.31. The van der Waals surface area contributed by atoms with Crippen molar-refractivity contribution in [1.29, 1.82) is 0 Å². The van der Waals surface area contributed by atoms with Gasteiger partial charge in [-0.25, -0.2) is 0 Å². The van der Waals surface area contributed by atoms with E-state index in [4.69, 9.17) is 23.2 Å². The monoisotopic (exact) mass is 256 g/mol. The summed E-state index contributed by atoms with van der Waals surface area (Å²) in [6.45, 7) is 2.12. The van der Waals surface area contributed by atoms with Crippen molar-refractivity contribution in [3.05, 3.63) is 46.0 Å². The summed E-state index contributed by atoms with van der Waals surface area (Å²) in [6, 6.07) is 4.91. The van der Waals surface area contributed by atoms with Gasteiger partial charge in [0.25, 0.3) is 0 Å². The molecule has 3 heteroatoms. The summed E-state index contributed by atoms with van der Waals surface area (Å²) in [5.41, 5.74) is 0.571. The van der Waals surface area contributed by atoms with Gasteiger partial charge in [-0.05, 0) is 30.7 Å². The van der Waals surface area contributed by atoms with Gasteiger partial charge in [-0.15, -0.1) is 0 Å². The van der Waals surface area contributed by atoms with Crippen LogP contribution in [0.1, 0.15) is 36.5 Å². The van der Waals surface area contributed by atoms with Crippen molar-refractivity contribution in [3.8, 4) is 0 Å². The van der Waals surface area contributed by atoms with Gasteiger partial charge in [0.1, 0.15) is 0 Å². The minimum absolute atomic E-state index is 0.0327. The number of allylic oxidation sites excluding steroid dienone is 2. The van der Waals surface area contributed by atoms with Gasteiger partial charge in [0.2, 0.25) is 0 Å². The Hall–Kier alpha value is -0.790. The number of hydrogen-bond acceptors (Lipinski definition) is 1. The highest BCUT2D eigenvalue weighted by molar-refractivity contribution is 6.42. The van der Waals surface area contributed by atoms with E-state index in [0.29, 0.717) is 15.6 Å². The molecule has 0 aliphatic heterocycles. The second kappa shape index (κ2) is 6.72. The zero-order valence-corrected chi connectivity index (χ0v) is 10.7. The molecule has 1 rings (SSSR count). The lowest BCUT2D eigenvalue weighted by Crippen LogP contribution is -1.93. The number of carbonyl (C=O) groups excluding carboxylic acids is 1. The number of benzene rings is 1. The van der Waals surface area contributed by atoms with Gasteiger partial charge in [-0.3, -0.25) is 4.79 Å². The summed E-state index contributed by atoms with van der Waals surface area (Å²) >= 11 is 11.6. The van der Waals surface area contributed by atoms with E-state index in [2.05, 4.69) is 6.92 Å². The smallest absolute Gasteiger partial charge is 0.185 e. The van der Waals surface area contributed by atoms with Crippen LogP contribution in [0.15, 0.2) is 30.4 Å². The second-order valence-corrected chi connectivity index (χ2v) is 4.35. The highest BCUT2D eigenvalue weighted by Crippen LogP contribution is 2.22. The summed E-state index contributed by atoms with van der Waals surface area (Å²) in [6.07, 6.45) is 6.66. The quantitative estimate of drug-likeness (QED) is 0.415. The maximum absolute atomic E-state index is 11.7. The van der Waals surface area contributed by atoms with Gasteiger partial charge >= 0.3 is 0 Å². The van der Waals surface area contributed by atoms with Crippen LogP contribution in [0.4, 0.5) is 0 Å². The van der Waals surface area contributed by atoms with E-state index in [1.807, 2.05) is 6.08 Å². The number of ketones is 1. The molecule has 86 valence electrons. The number of unbranched alkanes of at least 4 members (excludes halogenated alkanes) is 2. The van der Waals surface area contributed by atoms with E-state index >= 15 is 0 Å². The third-order valence-corrected chi connectivity index (χ3v) is 2.94. The fraction of sp³-hybridized carbons (Fsp3) is 0.308. The molecule has 0 spiro atoms. The SMILES string of the molecule is CCCC/C=C/C(=O)c1ccc(Cl)c(Cl)c1. The minimum Gasteiger partial charge on any atom is -0.289 e. The van der Waals surface area contributed by atoms with E-state index in [-0.39, 0.29) is 5.78 Å². The number of carbonyl (C=O) groups is 1. The molecule has 0 amide bonds. The van der Waals surface area contributed by atoms with E-state index in [0.717, 1.165) is 19.3 Å². The van der Waals surface area contributed by atoms with Crippen LogP contribution < -0.4 is 0 Å². The van der Waals surface area contributed by atoms with Crippen molar-refractivity contribution < 1.29 is 4.79 Å². The van der Waals surface area contributed by atoms with Crippen LogP contribution in [-0.4, -0.2) is 5.78 Å². The standard InChI is InChI=1S/C13H14Cl2O/c1-2-3-4-5-6-13(16)10-7-8-11(14)12(15)9-10/h5-9H,2-4H2,1H3/b6-5+. The summed E-state index contributed by atoms with van der Waals surface area (Å²) in [5, 5.41) is 0.877. The molecule has 0 bridgehead atoms. The van der Waals surface area contributed by atoms with Gasteiger partial charge in [-0.1, -0.05) is 49.0 Å². The Morgan fingerprint density at radius 1 is 1.31 bits per heavy atom. The molecule has 0 fully saturated rings. The molecular formula is C13H14Cl2O. The van der Waals surface area contributed by atoms with Gasteiger partial charge in [0.05, 0.1) is 10.0 Å². The lowest BCUT2D eigenvalue weighted by molar-refractivity contribution is 0.104. The van der Waals surface area contributed by atoms with Crippen LogP contribution in [-0.2, 0) is 0 Å². The fourth-order valence-electron chi connectivity index (χ4n) is 1.26. The Balaban J connectivity index is 2.66. The lowest BCUT2D eigenvalue weighted by Gasteiger charge is -1.98. The highest BCUT2D eigenvalue weighted by Gasteiger charge is 2.04. The van der Waals surface area contributed by atoms with Crippen molar-refractivity contribution in [2.24, 2.45) is 0 Å². The largest absolute Gasteiger partial charge is 0.289 e. The third kappa shape index (κ3) is 3.99. The molecule has 1 nitrogen and oxygen atoms in total. The highest BCUT2D eigenvalue weighted by atomic mass is 35.5. The first kappa shape index (κ1) is 13.3. The van der Waals surface area contributed by atoms with Crippen LogP contribution in [0.3, 0.4) is 0 Å². The maximum atomic E-state index is 11.7. The van der Waals surface area contributed by atoms with E-state index in [1.54, 1.807) is 24.3 Å². The van der Waals surface area contributed by atoms with Crippen LogP contribution in [0.5, 0.6) is 0 Å². The molecule has 0 aromatic heterocycles. The average molecular weight is 257 g/mol. The van der Waals surface area contributed by atoms with E-state index < -0.39 is 0 Å². The number of hydrogen-bond donors (Lipinski definition) is 0. The van der Waals surface area contributed by atoms with E-state index in [9.17, 15) is 4.79 Å². The topological polar surface area (TPSA) is 17.1 Å². The zero-order chi connectivity index (χ0) is 12.0. The first-order chi connectivity index (χ1) is 7.65. The Morgan fingerprint density at radius 3 is 2.69 bits per heavy atom. The Labute approximate surface area is 106 Å². The van der Waals surface area contributed by atoms with Crippen LogP contribution in [0, 0.1) is 0 Å². The maximum Gasteiger partial charge on any atom is 0.185 e. The Morgan fingerprint density at radius 2 is 2.06 bits per heavy atom. The predicted molar refractivity (Wildman–Crippen MR) is 69.5 cm³/mol. The number of rotatable bonds is 5. The second-order valence-electron chi connectivity index (χ2n) is 3.54. The third-order valence-electron chi connectivity index (χ3n) is 2.20. The molecule has 0 aliphatic rings. The van der Waals surface area contributed by atoms with Gasteiger partial charge in [0.15, 0.2) is 5.78 Å². The van der Waals surface area contributed by atoms with Crippen molar-refractivity contribution >= 4 is 29.0 Å². The normalized spacial score (nSPS) is 10.9. The first-order valence-corrected chi connectivity index (χ1v) is 6.06. The van der Waals surface area contributed by atoms with Crippen molar-refractivity contribution in [3.63, 3.8) is 0 Å². The Kier molecular flexibility index (Phi) is 5.58. The molecule has 0 N–H and O–H groups in total. The molecule has 0 radical (unpaired) electrons. The summed E-state index contributed by atoms with van der Waals surface area (Å²) < 4.78 is 0. The van der Waals surface area contributed by atoms with Crippen LogP contribution in [0.25, 0.3) is 0 Å². The van der Waals surface area contributed by atoms with Crippen LogP contribution in [0.2, 0.25) is 10.0 Å². The van der Waals surface area contributed by atoms with Crippen molar-refractivity contribution in [2.75, 3.05) is 0 Å².